The van der Waals surface area contributed by atoms with Gasteiger partial charge in [-0.15, -0.1) is 0 Å². The molecule has 6 heteroatoms. The summed E-state index contributed by atoms with van der Waals surface area (Å²) in [5.74, 6) is -0.357. The molecule has 1 N–H and O–H groups in total. The maximum absolute atomic E-state index is 13.8. The Morgan fingerprint density at radius 3 is 2.62 bits per heavy atom. The molecule has 0 saturated carbocycles. The minimum atomic E-state index is -0.686. The number of hydrogen-bond acceptors (Lipinski definition) is 3. The predicted molar refractivity (Wildman–Crippen MR) is 78.9 cm³/mol. The largest absolute Gasteiger partial charge is 0.497 e. The number of amides is 1. The van der Waals surface area contributed by atoms with Gasteiger partial charge in [-0.1, -0.05) is 17.7 Å². The second-order valence-corrected chi connectivity index (χ2v) is 4.53. The third-order valence-corrected chi connectivity index (χ3v) is 3.14. The van der Waals surface area contributed by atoms with Gasteiger partial charge < -0.3 is 14.8 Å². The first-order valence-electron chi connectivity index (χ1n) is 6.04. The van der Waals surface area contributed by atoms with Crippen LogP contribution in [-0.4, -0.2) is 20.1 Å². The van der Waals surface area contributed by atoms with Gasteiger partial charge in [0, 0.05) is 0 Å². The lowest BCUT2D eigenvalue weighted by molar-refractivity contribution is 0.102. The quantitative estimate of drug-likeness (QED) is 0.935. The number of methoxy groups -OCH3 is 2. The molecule has 0 aliphatic carbocycles. The van der Waals surface area contributed by atoms with Crippen LogP contribution < -0.4 is 14.8 Å². The normalized spacial score (nSPS) is 10.1. The number of anilines is 1. The number of carbonyl (C=O) groups excluding carboxylic acids is 1. The van der Waals surface area contributed by atoms with Gasteiger partial charge in [-0.05, 0) is 30.3 Å². The minimum Gasteiger partial charge on any atom is -0.497 e. The highest BCUT2D eigenvalue weighted by atomic mass is 35.5. The van der Waals surface area contributed by atoms with Crippen molar-refractivity contribution >= 4 is 23.2 Å². The first-order valence-corrected chi connectivity index (χ1v) is 6.42. The summed E-state index contributed by atoms with van der Waals surface area (Å²) in [6, 6.07) is 9.14. The van der Waals surface area contributed by atoms with E-state index in [0.29, 0.717) is 11.5 Å². The molecule has 0 aliphatic rings. The first-order chi connectivity index (χ1) is 10.1. The van der Waals surface area contributed by atoms with Crippen LogP contribution in [0.3, 0.4) is 0 Å². The zero-order valence-electron chi connectivity index (χ0n) is 11.4. The fraction of sp³-hybridized carbons (Fsp3) is 0.133. The van der Waals surface area contributed by atoms with Crippen LogP contribution in [0.4, 0.5) is 10.1 Å². The summed E-state index contributed by atoms with van der Waals surface area (Å²) >= 11 is 5.68. The van der Waals surface area contributed by atoms with E-state index in [0.717, 1.165) is 0 Å². The molecule has 0 fully saturated rings. The van der Waals surface area contributed by atoms with Crippen molar-refractivity contribution in [3.8, 4) is 11.5 Å². The van der Waals surface area contributed by atoms with Gasteiger partial charge in [0.25, 0.3) is 5.91 Å². The zero-order valence-corrected chi connectivity index (χ0v) is 12.2. The highest BCUT2D eigenvalue weighted by molar-refractivity contribution is 6.31. The average molecular weight is 310 g/mol. The van der Waals surface area contributed by atoms with Crippen LogP contribution in [0, 0.1) is 5.82 Å². The maximum Gasteiger partial charge on any atom is 0.259 e. The molecule has 2 rings (SSSR count). The van der Waals surface area contributed by atoms with E-state index in [1.54, 1.807) is 18.2 Å². The van der Waals surface area contributed by atoms with Gasteiger partial charge >= 0.3 is 0 Å². The van der Waals surface area contributed by atoms with Gasteiger partial charge in [-0.3, -0.25) is 4.79 Å². The van der Waals surface area contributed by atoms with Crippen LogP contribution in [0.2, 0.25) is 5.02 Å². The highest BCUT2D eigenvalue weighted by Gasteiger charge is 2.16. The Labute approximate surface area is 126 Å². The van der Waals surface area contributed by atoms with Crippen LogP contribution >= 0.6 is 11.6 Å². The molecular formula is C15H13ClFNO3. The molecule has 0 aromatic heterocycles. The molecule has 21 heavy (non-hydrogen) atoms. The molecular weight excluding hydrogens is 297 g/mol. The second-order valence-electron chi connectivity index (χ2n) is 4.12. The Bertz CT molecular complexity index is 676. The third kappa shape index (κ3) is 3.25. The number of nitrogens with one attached hydrogen (secondary N) is 1. The molecule has 2 aromatic rings. The number of ether oxygens (including phenoxy) is 2. The molecule has 0 bridgehead atoms. The minimum absolute atomic E-state index is 0.00243. The Morgan fingerprint density at radius 2 is 1.95 bits per heavy atom. The standard InChI is InChI=1S/C15H13ClFNO3/c1-20-9-6-7-13(21-2)10(8-9)15(19)18-12-5-3-4-11(16)14(12)17/h3-8H,1-2H3,(H,18,19). The van der Waals surface area contributed by atoms with E-state index >= 15 is 0 Å². The maximum atomic E-state index is 13.8. The van der Waals surface area contributed by atoms with Crippen LogP contribution in [0.5, 0.6) is 11.5 Å². The summed E-state index contributed by atoms with van der Waals surface area (Å²) in [6.45, 7) is 0. The summed E-state index contributed by atoms with van der Waals surface area (Å²) in [5.41, 5.74) is 0.230. The van der Waals surface area contributed by atoms with E-state index in [1.807, 2.05) is 0 Å². The smallest absolute Gasteiger partial charge is 0.259 e. The lowest BCUT2D eigenvalue weighted by Gasteiger charge is -2.11. The van der Waals surface area contributed by atoms with Crippen LogP contribution in [0.15, 0.2) is 36.4 Å². The van der Waals surface area contributed by atoms with Gasteiger partial charge in [-0.2, -0.15) is 0 Å². The fourth-order valence-corrected chi connectivity index (χ4v) is 1.96. The molecule has 4 nitrogen and oxygen atoms in total. The Morgan fingerprint density at radius 1 is 1.19 bits per heavy atom. The molecule has 0 atom stereocenters. The lowest BCUT2D eigenvalue weighted by Crippen LogP contribution is -2.14. The van der Waals surface area contributed by atoms with Gasteiger partial charge in [0.2, 0.25) is 0 Å². The monoisotopic (exact) mass is 309 g/mol. The van der Waals surface area contributed by atoms with Crippen molar-refractivity contribution in [2.45, 2.75) is 0 Å². The molecule has 0 unspecified atom stereocenters. The van der Waals surface area contributed by atoms with E-state index in [1.165, 1.54) is 32.4 Å². The van der Waals surface area contributed by atoms with Gasteiger partial charge in [-0.25, -0.2) is 4.39 Å². The van der Waals surface area contributed by atoms with E-state index in [4.69, 9.17) is 21.1 Å². The molecule has 0 radical (unpaired) electrons. The predicted octanol–water partition coefficient (Wildman–Crippen LogP) is 3.75. The summed E-state index contributed by atoms with van der Waals surface area (Å²) < 4.78 is 24.0. The van der Waals surface area contributed by atoms with Gasteiger partial charge in [0.15, 0.2) is 5.82 Å². The van der Waals surface area contributed by atoms with E-state index in [-0.39, 0.29) is 16.3 Å². The molecule has 0 saturated heterocycles. The molecule has 110 valence electrons. The second kappa shape index (κ2) is 6.45. The van der Waals surface area contributed by atoms with Crippen LogP contribution in [0.25, 0.3) is 0 Å². The number of carbonyl (C=O) groups is 1. The Kier molecular flexibility index (Phi) is 4.65. The van der Waals surface area contributed by atoms with E-state index in [2.05, 4.69) is 5.32 Å². The van der Waals surface area contributed by atoms with Gasteiger partial charge in [0.05, 0.1) is 30.5 Å². The summed E-state index contributed by atoms with van der Waals surface area (Å²) in [7, 11) is 2.93. The van der Waals surface area contributed by atoms with Crippen molar-refractivity contribution in [2.24, 2.45) is 0 Å². The summed E-state index contributed by atoms with van der Waals surface area (Å²) in [5, 5.41) is 2.39. The SMILES string of the molecule is COc1ccc(OC)c(C(=O)Nc2cccc(Cl)c2F)c1. The number of halogens is 2. The third-order valence-electron chi connectivity index (χ3n) is 2.85. The first kappa shape index (κ1) is 15.1. The van der Waals surface area contributed by atoms with Crippen molar-refractivity contribution in [1.82, 2.24) is 0 Å². The molecule has 0 spiro atoms. The average Bonchev–Trinajstić information content (AvgIpc) is 2.51. The molecule has 0 aliphatic heterocycles. The lowest BCUT2D eigenvalue weighted by atomic mass is 10.1. The zero-order chi connectivity index (χ0) is 15.4. The molecule has 0 heterocycles. The Balaban J connectivity index is 2.34. The van der Waals surface area contributed by atoms with Crippen LogP contribution in [0.1, 0.15) is 10.4 Å². The van der Waals surface area contributed by atoms with Crippen LogP contribution in [-0.2, 0) is 0 Å². The fourth-order valence-electron chi connectivity index (χ4n) is 1.78. The van der Waals surface area contributed by atoms with Gasteiger partial charge in [0.1, 0.15) is 11.5 Å². The van der Waals surface area contributed by atoms with Crippen molar-refractivity contribution in [3.63, 3.8) is 0 Å². The number of rotatable bonds is 4. The number of hydrogen-bond donors (Lipinski definition) is 1. The van der Waals surface area contributed by atoms with Crippen molar-refractivity contribution < 1.29 is 18.7 Å². The molecule has 2 aromatic carbocycles. The van der Waals surface area contributed by atoms with Crippen molar-refractivity contribution in [2.75, 3.05) is 19.5 Å². The van der Waals surface area contributed by atoms with E-state index in [9.17, 15) is 9.18 Å². The van der Waals surface area contributed by atoms with Crippen molar-refractivity contribution in [1.29, 1.82) is 0 Å². The van der Waals surface area contributed by atoms with Crippen molar-refractivity contribution in [3.05, 3.63) is 52.8 Å². The topological polar surface area (TPSA) is 47.6 Å². The number of benzene rings is 2. The van der Waals surface area contributed by atoms with E-state index < -0.39 is 11.7 Å². The summed E-state index contributed by atoms with van der Waals surface area (Å²) in [4.78, 5) is 12.3. The Hall–Kier alpha value is -2.27. The highest BCUT2D eigenvalue weighted by Crippen LogP contribution is 2.27. The summed E-state index contributed by atoms with van der Waals surface area (Å²) in [6.07, 6.45) is 0. The molecule has 1 amide bonds.